The highest BCUT2D eigenvalue weighted by Crippen LogP contribution is 2.28. The van der Waals surface area contributed by atoms with Crippen LogP contribution in [0.15, 0.2) is 48.9 Å². The Hall–Kier alpha value is -3.11. The molecule has 0 aliphatic carbocycles. The Morgan fingerprint density at radius 2 is 1.94 bits per heavy atom. The average molecular weight is 494 g/mol. The van der Waals surface area contributed by atoms with E-state index in [-0.39, 0.29) is 35.7 Å². The first-order valence-corrected chi connectivity index (χ1v) is 12.4. The number of ketones is 1. The highest BCUT2D eigenvalue weighted by atomic mass is 16.6. The smallest absolute Gasteiger partial charge is 0.508 e. The third kappa shape index (κ3) is 8.24. The summed E-state index contributed by atoms with van der Waals surface area (Å²) in [5, 5.41) is 5.97. The van der Waals surface area contributed by atoms with Gasteiger partial charge in [0.2, 0.25) is 0 Å². The fourth-order valence-corrected chi connectivity index (χ4v) is 4.31. The van der Waals surface area contributed by atoms with Crippen molar-refractivity contribution >= 4 is 24.8 Å². The number of aromatic nitrogens is 2. The molecule has 0 unspecified atom stereocenters. The van der Waals surface area contributed by atoms with Crippen molar-refractivity contribution in [3.8, 4) is 0 Å². The van der Waals surface area contributed by atoms with Gasteiger partial charge in [-0.2, -0.15) is 0 Å². The van der Waals surface area contributed by atoms with Crippen LogP contribution < -0.4 is 10.6 Å². The van der Waals surface area contributed by atoms with Gasteiger partial charge in [0.15, 0.2) is 5.78 Å². The average Bonchev–Trinajstić information content (AvgIpc) is 2.85. The fourth-order valence-electron chi connectivity index (χ4n) is 4.31. The topological polar surface area (TPSA) is 120 Å². The summed E-state index contributed by atoms with van der Waals surface area (Å²) in [6.45, 7) is 8.13. The van der Waals surface area contributed by atoms with Gasteiger partial charge in [-0.1, -0.05) is 44.2 Å². The van der Waals surface area contributed by atoms with Crippen LogP contribution in [0, 0.1) is 5.92 Å². The van der Waals surface area contributed by atoms with E-state index in [4.69, 9.17) is 9.31 Å². The predicted octanol–water partition coefficient (Wildman–Crippen LogP) is 2.62. The molecule has 0 spiro atoms. The minimum atomic E-state index is -0.844. The summed E-state index contributed by atoms with van der Waals surface area (Å²) in [7, 11) is -0.844. The number of hydrogen-bond acceptors (Lipinski definition) is 8. The zero-order chi connectivity index (χ0) is 26.1. The van der Waals surface area contributed by atoms with Crippen LogP contribution in [0.3, 0.4) is 0 Å². The van der Waals surface area contributed by atoms with Crippen molar-refractivity contribution in [2.45, 2.75) is 70.9 Å². The van der Waals surface area contributed by atoms with Crippen molar-refractivity contribution in [1.82, 2.24) is 20.6 Å². The SMILES string of the molecule is CC(C)C[C@H](CC(=O)[C@H](Cc1ccccc1)NC(=O)c1cnccn1)B1OC[C@H](C)N[C@@H](C)C(=O)O1. The van der Waals surface area contributed by atoms with E-state index in [0.29, 0.717) is 19.4 Å². The Morgan fingerprint density at radius 3 is 2.61 bits per heavy atom. The largest absolute Gasteiger partial charge is 0.531 e. The van der Waals surface area contributed by atoms with E-state index < -0.39 is 31.1 Å². The summed E-state index contributed by atoms with van der Waals surface area (Å²) in [6.07, 6.45) is 5.30. The molecular formula is C26H35BN4O5. The molecule has 1 amide bonds. The number of benzene rings is 1. The third-order valence-corrected chi connectivity index (χ3v) is 6.03. The van der Waals surface area contributed by atoms with Crippen LogP contribution >= 0.6 is 0 Å². The molecule has 0 saturated carbocycles. The quantitative estimate of drug-likeness (QED) is 0.484. The Labute approximate surface area is 212 Å². The summed E-state index contributed by atoms with van der Waals surface area (Å²) < 4.78 is 11.6. The number of carbonyl (C=O) groups excluding carboxylic acids is 3. The van der Waals surface area contributed by atoms with E-state index in [1.165, 1.54) is 18.6 Å². The van der Waals surface area contributed by atoms with Crippen molar-refractivity contribution in [2.75, 3.05) is 6.61 Å². The van der Waals surface area contributed by atoms with Crippen molar-refractivity contribution in [3.05, 3.63) is 60.2 Å². The Balaban J connectivity index is 1.81. The molecule has 1 saturated heterocycles. The molecule has 1 fully saturated rings. The number of amides is 1. The fraction of sp³-hybridized carbons (Fsp3) is 0.500. The number of hydrogen-bond donors (Lipinski definition) is 2. The molecule has 2 aromatic rings. The molecule has 10 heteroatoms. The van der Waals surface area contributed by atoms with Crippen molar-refractivity contribution in [2.24, 2.45) is 5.92 Å². The molecule has 3 rings (SSSR count). The molecule has 0 radical (unpaired) electrons. The lowest BCUT2D eigenvalue weighted by Gasteiger charge is -2.31. The third-order valence-electron chi connectivity index (χ3n) is 6.03. The van der Waals surface area contributed by atoms with Gasteiger partial charge >= 0.3 is 13.1 Å². The molecule has 36 heavy (non-hydrogen) atoms. The molecular weight excluding hydrogens is 459 g/mol. The Morgan fingerprint density at radius 1 is 1.19 bits per heavy atom. The summed E-state index contributed by atoms with van der Waals surface area (Å²) in [4.78, 5) is 47.0. The summed E-state index contributed by atoms with van der Waals surface area (Å²) in [6, 6.07) is 8.20. The first kappa shape index (κ1) is 27.5. The molecule has 2 heterocycles. The first-order valence-electron chi connectivity index (χ1n) is 12.4. The van der Waals surface area contributed by atoms with E-state index in [1.807, 2.05) is 51.1 Å². The van der Waals surface area contributed by atoms with Crippen LogP contribution in [0.25, 0.3) is 0 Å². The Kier molecular flexibility index (Phi) is 10.1. The summed E-state index contributed by atoms with van der Waals surface area (Å²) in [5.74, 6) is -1.16. The van der Waals surface area contributed by atoms with Gasteiger partial charge < -0.3 is 14.6 Å². The second kappa shape index (κ2) is 13.3. The van der Waals surface area contributed by atoms with Gasteiger partial charge in [-0.25, -0.2) is 4.98 Å². The lowest BCUT2D eigenvalue weighted by molar-refractivity contribution is -0.139. The molecule has 1 aromatic carbocycles. The van der Waals surface area contributed by atoms with Gasteiger partial charge in [0, 0.05) is 37.3 Å². The van der Waals surface area contributed by atoms with Crippen LogP contribution in [0.2, 0.25) is 5.82 Å². The van der Waals surface area contributed by atoms with Crippen LogP contribution in [0.4, 0.5) is 0 Å². The number of nitrogens with one attached hydrogen (secondary N) is 2. The molecule has 4 atom stereocenters. The molecule has 0 bridgehead atoms. The van der Waals surface area contributed by atoms with Gasteiger partial charge in [0.05, 0.1) is 12.2 Å². The molecule has 1 aliphatic heterocycles. The maximum Gasteiger partial charge on any atom is 0.531 e. The van der Waals surface area contributed by atoms with E-state index in [1.54, 1.807) is 6.92 Å². The van der Waals surface area contributed by atoms with E-state index in [9.17, 15) is 14.4 Å². The van der Waals surface area contributed by atoms with Crippen molar-refractivity contribution in [1.29, 1.82) is 0 Å². The number of rotatable bonds is 10. The van der Waals surface area contributed by atoms with Crippen LogP contribution in [0.1, 0.15) is 56.6 Å². The van der Waals surface area contributed by atoms with Crippen molar-refractivity contribution in [3.63, 3.8) is 0 Å². The van der Waals surface area contributed by atoms with E-state index in [0.717, 1.165) is 5.56 Å². The van der Waals surface area contributed by atoms with Crippen LogP contribution in [-0.4, -0.2) is 59.5 Å². The van der Waals surface area contributed by atoms with Gasteiger partial charge in [-0.3, -0.25) is 24.7 Å². The molecule has 9 nitrogen and oxygen atoms in total. The minimum Gasteiger partial charge on any atom is -0.508 e. The van der Waals surface area contributed by atoms with Gasteiger partial charge in [0.25, 0.3) is 5.91 Å². The molecule has 1 aliphatic rings. The van der Waals surface area contributed by atoms with E-state index >= 15 is 0 Å². The lowest BCUT2D eigenvalue weighted by atomic mass is 9.64. The molecule has 2 N–H and O–H groups in total. The number of carbonyl (C=O) groups is 3. The molecule has 1 aromatic heterocycles. The zero-order valence-electron chi connectivity index (χ0n) is 21.3. The van der Waals surface area contributed by atoms with Gasteiger partial charge in [-0.15, -0.1) is 0 Å². The van der Waals surface area contributed by atoms with Crippen LogP contribution in [0.5, 0.6) is 0 Å². The van der Waals surface area contributed by atoms with Gasteiger partial charge in [0.1, 0.15) is 11.7 Å². The maximum atomic E-state index is 13.7. The summed E-state index contributed by atoms with van der Waals surface area (Å²) >= 11 is 0. The van der Waals surface area contributed by atoms with Crippen LogP contribution in [-0.2, 0) is 25.3 Å². The van der Waals surface area contributed by atoms with E-state index in [2.05, 4.69) is 20.6 Å². The maximum absolute atomic E-state index is 13.7. The number of nitrogens with zero attached hydrogens (tertiary/aromatic N) is 2. The second-order valence-electron chi connectivity index (χ2n) is 9.79. The molecule has 192 valence electrons. The zero-order valence-corrected chi connectivity index (χ0v) is 21.3. The van der Waals surface area contributed by atoms with Crippen molar-refractivity contribution < 1.29 is 23.7 Å². The standard InChI is InChI=1S/C26H35BN4O5/c1-17(2)12-21(27-35-16-18(3)30-19(4)26(34)36-27)14-24(32)22(13-20-8-6-5-7-9-20)31-25(33)23-15-28-10-11-29-23/h5-11,15,17-19,21-22,30H,12-14,16H2,1-4H3,(H,31,33)/t18-,19-,21+,22-/m0/s1. The monoisotopic (exact) mass is 494 g/mol. The highest BCUT2D eigenvalue weighted by molar-refractivity contribution is 6.49. The van der Waals surface area contributed by atoms with Gasteiger partial charge in [-0.05, 0) is 38.2 Å². The first-order chi connectivity index (χ1) is 17.2. The number of Topliss-reactive ketones (excluding diaryl/α,β-unsaturated/α-hetero) is 1. The highest BCUT2D eigenvalue weighted by Gasteiger charge is 2.40. The predicted molar refractivity (Wildman–Crippen MR) is 136 cm³/mol. The lowest BCUT2D eigenvalue weighted by Crippen LogP contribution is -2.50. The summed E-state index contributed by atoms with van der Waals surface area (Å²) in [5.41, 5.74) is 1.05. The second-order valence-corrected chi connectivity index (χ2v) is 9.79. The minimum absolute atomic E-state index is 0.0390. The normalized spacial score (nSPS) is 20.1. The Bertz CT molecular complexity index is 1010.